The number of amides is 1. The fourth-order valence-electron chi connectivity index (χ4n) is 3.19. The van der Waals surface area contributed by atoms with E-state index in [4.69, 9.17) is 4.74 Å². The van der Waals surface area contributed by atoms with E-state index in [1.54, 1.807) is 23.1 Å². The van der Waals surface area contributed by atoms with Crippen LogP contribution in [0.5, 0.6) is 5.75 Å². The second kappa shape index (κ2) is 6.75. The van der Waals surface area contributed by atoms with Gasteiger partial charge in [-0.3, -0.25) is 9.48 Å². The van der Waals surface area contributed by atoms with Gasteiger partial charge in [-0.1, -0.05) is 6.07 Å². The summed E-state index contributed by atoms with van der Waals surface area (Å²) in [5.41, 5.74) is 4.57. The average molecular weight is 363 g/mol. The molecular formula is C20H21N5O2. The van der Waals surface area contributed by atoms with E-state index in [2.05, 4.69) is 15.4 Å². The molecule has 0 spiro atoms. The van der Waals surface area contributed by atoms with Gasteiger partial charge in [0.2, 0.25) is 0 Å². The normalized spacial score (nSPS) is 12.4. The van der Waals surface area contributed by atoms with Crippen molar-refractivity contribution in [1.82, 2.24) is 14.8 Å². The molecule has 2 aromatic heterocycles. The van der Waals surface area contributed by atoms with Gasteiger partial charge in [0, 0.05) is 67.9 Å². The molecule has 0 saturated heterocycles. The zero-order valence-electron chi connectivity index (χ0n) is 15.6. The molecule has 1 aliphatic heterocycles. The molecule has 7 heteroatoms. The number of pyridine rings is 1. The Balaban J connectivity index is 1.64. The van der Waals surface area contributed by atoms with Crippen LogP contribution in [-0.4, -0.2) is 41.4 Å². The number of ether oxygens (including phenoxy) is 1. The van der Waals surface area contributed by atoms with Crippen molar-refractivity contribution in [1.29, 1.82) is 0 Å². The molecule has 4 rings (SSSR count). The molecule has 1 aromatic carbocycles. The molecule has 3 heterocycles. The molecule has 7 nitrogen and oxygen atoms in total. The van der Waals surface area contributed by atoms with E-state index in [-0.39, 0.29) is 5.91 Å². The monoisotopic (exact) mass is 363 g/mol. The number of rotatable bonds is 4. The van der Waals surface area contributed by atoms with Crippen LogP contribution in [0.1, 0.15) is 15.9 Å². The molecule has 1 aliphatic rings. The Morgan fingerprint density at radius 1 is 1.30 bits per heavy atom. The predicted octanol–water partition coefficient (Wildman–Crippen LogP) is 2.74. The molecule has 0 fully saturated rings. The SMILES string of the molecule is CN(C)c1cccc(C(=O)Nc2ncc(-c3cnn(C)c3)c3c2OCC3)c1. The van der Waals surface area contributed by atoms with Gasteiger partial charge in [-0.05, 0) is 18.2 Å². The van der Waals surface area contributed by atoms with Crippen LogP contribution < -0.4 is 15.0 Å². The van der Waals surface area contributed by atoms with Crippen LogP contribution in [0, 0.1) is 0 Å². The molecule has 0 bridgehead atoms. The van der Waals surface area contributed by atoms with Gasteiger partial charge in [-0.25, -0.2) is 4.98 Å². The Labute approximate surface area is 157 Å². The van der Waals surface area contributed by atoms with Crippen molar-refractivity contribution in [3.8, 4) is 16.9 Å². The smallest absolute Gasteiger partial charge is 0.256 e. The van der Waals surface area contributed by atoms with E-state index in [1.165, 1.54) is 0 Å². The molecular weight excluding hydrogens is 342 g/mol. The van der Waals surface area contributed by atoms with Crippen molar-refractivity contribution < 1.29 is 9.53 Å². The standard InChI is InChI=1S/C20H21N5O2/c1-24(2)15-6-4-5-13(9-15)20(26)23-19-18-16(7-8-27-18)17(11-21-19)14-10-22-25(3)12-14/h4-6,9-12H,7-8H2,1-3H3,(H,21,23,26). The maximum absolute atomic E-state index is 12.7. The Hall–Kier alpha value is -3.35. The third-order valence-corrected chi connectivity index (χ3v) is 4.61. The Bertz CT molecular complexity index is 1010. The lowest BCUT2D eigenvalue weighted by Gasteiger charge is -2.14. The Morgan fingerprint density at radius 3 is 2.89 bits per heavy atom. The lowest BCUT2D eigenvalue weighted by molar-refractivity contribution is 0.102. The fraction of sp³-hybridized carbons (Fsp3) is 0.250. The first-order valence-corrected chi connectivity index (χ1v) is 8.75. The number of hydrogen-bond acceptors (Lipinski definition) is 5. The quantitative estimate of drug-likeness (QED) is 0.772. The minimum absolute atomic E-state index is 0.210. The third kappa shape index (κ3) is 3.23. The molecule has 0 radical (unpaired) electrons. The van der Waals surface area contributed by atoms with Gasteiger partial charge in [0.1, 0.15) is 0 Å². The number of anilines is 2. The number of nitrogens with zero attached hydrogens (tertiary/aromatic N) is 4. The first-order chi connectivity index (χ1) is 13.0. The Kier molecular flexibility index (Phi) is 4.27. The number of carbonyl (C=O) groups is 1. The number of carbonyl (C=O) groups excluding carboxylic acids is 1. The second-order valence-corrected chi connectivity index (χ2v) is 6.73. The molecule has 1 amide bonds. The van der Waals surface area contributed by atoms with Gasteiger partial charge in [0.25, 0.3) is 5.91 Å². The van der Waals surface area contributed by atoms with Crippen molar-refractivity contribution in [2.45, 2.75) is 6.42 Å². The lowest BCUT2D eigenvalue weighted by atomic mass is 10.0. The van der Waals surface area contributed by atoms with Crippen molar-refractivity contribution in [3.63, 3.8) is 0 Å². The molecule has 0 aliphatic carbocycles. The van der Waals surface area contributed by atoms with Gasteiger partial charge in [-0.15, -0.1) is 0 Å². The number of benzene rings is 1. The average Bonchev–Trinajstić information content (AvgIpc) is 3.31. The second-order valence-electron chi connectivity index (χ2n) is 6.73. The van der Waals surface area contributed by atoms with Gasteiger partial charge >= 0.3 is 0 Å². The van der Waals surface area contributed by atoms with Gasteiger partial charge in [-0.2, -0.15) is 5.10 Å². The van der Waals surface area contributed by atoms with Gasteiger partial charge < -0.3 is 15.0 Å². The third-order valence-electron chi connectivity index (χ3n) is 4.61. The van der Waals surface area contributed by atoms with Crippen molar-refractivity contribution >= 4 is 17.4 Å². The molecule has 0 unspecified atom stereocenters. The summed E-state index contributed by atoms with van der Waals surface area (Å²) in [7, 11) is 5.76. The van der Waals surface area contributed by atoms with E-state index in [9.17, 15) is 4.79 Å². The number of aromatic nitrogens is 3. The lowest BCUT2D eigenvalue weighted by Crippen LogP contribution is -2.15. The summed E-state index contributed by atoms with van der Waals surface area (Å²) < 4.78 is 7.54. The maximum atomic E-state index is 12.7. The summed E-state index contributed by atoms with van der Waals surface area (Å²) in [5.74, 6) is 0.891. The summed E-state index contributed by atoms with van der Waals surface area (Å²) in [6.07, 6.45) is 6.30. The van der Waals surface area contributed by atoms with Crippen LogP contribution in [0.4, 0.5) is 11.5 Å². The highest BCUT2D eigenvalue weighted by molar-refractivity contribution is 6.05. The zero-order chi connectivity index (χ0) is 19.0. The molecule has 3 aromatic rings. The van der Waals surface area contributed by atoms with E-state index in [0.717, 1.165) is 28.8 Å². The van der Waals surface area contributed by atoms with Crippen molar-refractivity contribution in [2.75, 3.05) is 30.9 Å². The van der Waals surface area contributed by atoms with Gasteiger partial charge in [0.05, 0.1) is 12.8 Å². The van der Waals surface area contributed by atoms with Gasteiger partial charge in [0.15, 0.2) is 11.6 Å². The van der Waals surface area contributed by atoms with Crippen LogP contribution >= 0.6 is 0 Å². The molecule has 27 heavy (non-hydrogen) atoms. The largest absolute Gasteiger partial charge is 0.489 e. The minimum Gasteiger partial charge on any atom is -0.489 e. The summed E-state index contributed by atoms with van der Waals surface area (Å²) in [5, 5.41) is 7.12. The van der Waals surface area contributed by atoms with E-state index >= 15 is 0 Å². The first-order valence-electron chi connectivity index (χ1n) is 8.75. The van der Waals surface area contributed by atoms with Crippen LogP contribution in [0.2, 0.25) is 0 Å². The van der Waals surface area contributed by atoms with Crippen LogP contribution in [0.3, 0.4) is 0 Å². The number of hydrogen-bond donors (Lipinski definition) is 1. The fourth-order valence-corrected chi connectivity index (χ4v) is 3.19. The topological polar surface area (TPSA) is 72.3 Å². The number of nitrogens with one attached hydrogen (secondary N) is 1. The number of fused-ring (bicyclic) bond motifs is 1. The highest BCUT2D eigenvalue weighted by Crippen LogP contribution is 2.38. The molecule has 138 valence electrons. The highest BCUT2D eigenvalue weighted by Gasteiger charge is 2.24. The van der Waals surface area contributed by atoms with E-state index in [0.29, 0.717) is 23.7 Å². The molecule has 0 atom stereocenters. The first kappa shape index (κ1) is 17.1. The molecule has 0 saturated carbocycles. The van der Waals surface area contributed by atoms with Crippen LogP contribution in [0.15, 0.2) is 42.9 Å². The number of aryl methyl sites for hydroxylation is 1. The maximum Gasteiger partial charge on any atom is 0.256 e. The zero-order valence-corrected chi connectivity index (χ0v) is 15.6. The Morgan fingerprint density at radius 2 is 2.15 bits per heavy atom. The molecule has 1 N–H and O–H groups in total. The summed E-state index contributed by atoms with van der Waals surface area (Å²) in [4.78, 5) is 19.1. The van der Waals surface area contributed by atoms with Crippen molar-refractivity contribution in [3.05, 3.63) is 54.0 Å². The van der Waals surface area contributed by atoms with Crippen molar-refractivity contribution in [2.24, 2.45) is 7.05 Å². The summed E-state index contributed by atoms with van der Waals surface area (Å²) >= 11 is 0. The van der Waals surface area contributed by atoms with Crippen LogP contribution in [-0.2, 0) is 13.5 Å². The summed E-state index contributed by atoms with van der Waals surface area (Å²) in [6, 6.07) is 7.45. The summed E-state index contributed by atoms with van der Waals surface area (Å²) in [6.45, 7) is 0.577. The van der Waals surface area contributed by atoms with E-state index < -0.39 is 0 Å². The predicted molar refractivity (Wildman–Crippen MR) is 104 cm³/mol. The minimum atomic E-state index is -0.210. The highest BCUT2D eigenvalue weighted by atomic mass is 16.5. The van der Waals surface area contributed by atoms with Crippen LogP contribution in [0.25, 0.3) is 11.1 Å². The van der Waals surface area contributed by atoms with E-state index in [1.807, 2.05) is 50.4 Å².